The van der Waals surface area contributed by atoms with Crippen LogP contribution in [0.4, 0.5) is 5.69 Å². The summed E-state index contributed by atoms with van der Waals surface area (Å²) in [5, 5.41) is 9.47. The summed E-state index contributed by atoms with van der Waals surface area (Å²) in [6.07, 6.45) is 1.77. The number of piperazine rings is 1. The predicted octanol–water partition coefficient (Wildman–Crippen LogP) is 1.32. The maximum absolute atomic E-state index is 9.47. The normalized spacial score (nSPS) is 18.5. The van der Waals surface area contributed by atoms with Crippen LogP contribution in [0.15, 0.2) is 18.2 Å². The van der Waals surface area contributed by atoms with Crippen LogP contribution in [0.2, 0.25) is 0 Å². The number of anilines is 1. The number of nitrogens with zero attached hydrogens (tertiary/aromatic N) is 2. The molecule has 0 atom stereocenters. The molecule has 0 spiro atoms. The van der Waals surface area contributed by atoms with Crippen LogP contribution in [0.1, 0.15) is 12.0 Å². The fourth-order valence-corrected chi connectivity index (χ4v) is 2.74. The molecule has 3 N–H and O–H groups in total. The number of phenols is 1. The number of phenolic OH excluding ortho intramolecular Hbond substituents is 1. The van der Waals surface area contributed by atoms with Gasteiger partial charge in [0.05, 0.1) is 33.8 Å². The molecule has 0 unspecified atom stereocenters. The molecule has 0 saturated carbocycles. The van der Waals surface area contributed by atoms with Gasteiger partial charge >= 0.3 is 0 Å². The lowest BCUT2D eigenvalue weighted by atomic mass is 10.1. The largest absolute Gasteiger partial charge is 0.508 e. The summed E-state index contributed by atoms with van der Waals surface area (Å²) in [5.74, 6) is 0.275. The van der Waals surface area contributed by atoms with Gasteiger partial charge in [-0.3, -0.25) is 4.90 Å². The number of aryl methyl sites for hydroxylation is 1. The van der Waals surface area contributed by atoms with E-state index < -0.39 is 0 Å². The molecule has 0 aliphatic carbocycles. The molecular weight excluding hydrogens is 278 g/mol. The maximum Gasteiger partial charge on any atom is 0.116 e. The minimum Gasteiger partial charge on any atom is -0.508 e. The number of nitrogens with two attached hydrogens (primary N) is 1. The molecule has 1 aliphatic rings. The van der Waals surface area contributed by atoms with Gasteiger partial charge < -0.3 is 20.1 Å². The monoisotopic (exact) mass is 308 g/mol. The van der Waals surface area contributed by atoms with E-state index in [-0.39, 0.29) is 5.75 Å². The number of quaternary nitrogens is 1. The summed E-state index contributed by atoms with van der Waals surface area (Å²) in [6.45, 7) is 7.32. The molecule has 0 bridgehead atoms. The maximum atomic E-state index is 9.47. The molecular formula is C17H30N3O2+. The highest BCUT2D eigenvalue weighted by Crippen LogP contribution is 2.19. The first-order chi connectivity index (χ1) is 10.5. The quantitative estimate of drug-likeness (QED) is 0.345. The third-order valence-electron chi connectivity index (χ3n) is 4.46. The summed E-state index contributed by atoms with van der Waals surface area (Å²) in [6, 6.07) is 5.11. The van der Waals surface area contributed by atoms with E-state index in [0.29, 0.717) is 0 Å². The van der Waals surface area contributed by atoms with Gasteiger partial charge in [0.25, 0.3) is 0 Å². The average molecular weight is 308 g/mol. The Morgan fingerprint density at radius 2 is 1.95 bits per heavy atom. The summed E-state index contributed by atoms with van der Waals surface area (Å²) in [7, 11) is 4.59. The molecule has 1 aromatic carbocycles. The van der Waals surface area contributed by atoms with Crippen molar-refractivity contribution in [2.45, 2.75) is 12.8 Å². The highest BCUT2D eigenvalue weighted by Gasteiger charge is 2.23. The third-order valence-corrected chi connectivity index (χ3v) is 4.46. The van der Waals surface area contributed by atoms with Crippen molar-refractivity contribution < 1.29 is 14.3 Å². The zero-order valence-electron chi connectivity index (χ0n) is 13.9. The topological polar surface area (TPSA) is 58.7 Å². The molecule has 5 heteroatoms. The lowest BCUT2D eigenvalue weighted by molar-refractivity contribution is -0.894. The van der Waals surface area contributed by atoms with Crippen LogP contribution in [0, 0.1) is 0 Å². The Morgan fingerprint density at radius 3 is 2.68 bits per heavy atom. The molecule has 0 amide bonds. The van der Waals surface area contributed by atoms with Crippen molar-refractivity contribution in [3.05, 3.63) is 23.8 Å². The number of benzene rings is 1. The summed E-state index contributed by atoms with van der Waals surface area (Å²) >= 11 is 0. The first kappa shape index (κ1) is 17.1. The van der Waals surface area contributed by atoms with E-state index in [2.05, 4.69) is 19.0 Å². The summed E-state index contributed by atoms with van der Waals surface area (Å²) < 4.78 is 6.86. The molecule has 124 valence electrons. The van der Waals surface area contributed by atoms with E-state index in [1.165, 1.54) is 13.1 Å². The molecule has 1 heterocycles. The van der Waals surface area contributed by atoms with Crippen LogP contribution in [-0.2, 0) is 11.2 Å². The van der Waals surface area contributed by atoms with Crippen LogP contribution in [0.5, 0.6) is 5.75 Å². The molecule has 22 heavy (non-hydrogen) atoms. The number of hydrogen-bond donors (Lipinski definition) is 2. The highest BCUT2D eigenvalue weighted by molar-refractivity contribution is 5.50. The van der Waals surface area contributed by atoms with Crippen molar-refractivity contribution >= 4 is 5.69 Å². The second kappa shape index (κ2) is 7.81. The zero-order chi connectivity index (χ0) is 16.0. The van der Waals surface area contributed by atoms with Crippen molar-refractivity contribution in [2.24, 2.45) is 0 Å². The standard InChI is InChI=1S/C17H29N3O2/c1-20(2)10-7-19(8-11-20)9-13-22-12-3-4-15-14-16(21)5-6-17(15)18/h5-6,14H,3-4,7-13,18H2,1-2H3/p+1. The molecule has 1 saturated heterocycles. The Hall–Kier alpha value is -1.30. The average Bonchev–Trinajstić information content (AvgIpc) is 2.47. The SMILES string of the molecule is C[N+]1(C)CCN(CCOCCCc2cc(O)ccc2N)CC1. The van der Waals surface area contributed by atoms with Crippen LogP contribution < -0.4 is 5.73 Å². The second-order valence-corrected chi connectivity index (χ2v) is 6.82. The summed E-state index contributed by atoms with van der Waals surface area (Å²) in [4.78, 5) is 2.48. The van der Waals surface area contributed by atoms with Gasteiger partial charge in [-0.1, -0.05) is 0 Å². The van der Waals surface area contributed by atoms with Crippen LogP contribution in [-0.4, -0.2) is 74.5 Å². The third kappa shape index (κ3) is 5.48. The first-order valence-corrected chi connectivity index (χ1v) is 8.16. The van der Waals surface area contributed by atoms with E-state index >= 15 is 0 Å². The van der Waals surface area contributed by atoms with E-state index in [0.717, 1.165) is 61.4 Å². The second-order valence-electron chi connectivity index (χ2n) is 6.82. The van der Waals surface area contributed by atoms with Gasteiger partial charge in [0.15, 0.2) is 0 Å². The smallest absolute Gasteiger partial charge is 0.116 e. The van der Waals surface area contributed by atoms with Gasteiger partial charge in [-0.2, -0.15) is 0 Å². The Labute approximate surface area is 133 Å². The minimum atomic E-state index is 0.275. The number of aromatic hydroxyl groups is 1. The number of hydrogen-bond acceptors (Lipinski definition) is 4. The van der Waals surface area contributed by atoms with Crippen LogP contribution in [0.3, 0.4) is 0 Å². The molecule has 2 rings (SSSR count). The lowest BCUT2D eigenvalue weighted by Crippen LogP contribution is -2.55. The van der Waals surface area contributed by atoms with Crippen molar-refractivity contribution in [3.8, 4) is 5.75 Å². The Kier molecular flexibility index (Phi) is 6.06. The van der Waals surface area contributed by atoms with Gasteiger partial charge in [-0.25, -0.2) is 0 Å². The molecule has 0 aromatic heterocycles. The van der Waals surface area contributed by atoms with Gasteiger partial charge in [-0.05, 0) is 36.6 Å². The fourth-order valence-electron chi connectivity index (χ4n) is 2.74. The molecule has 1 aromatic rings. The van der Waals surface area contributed by atoms with Gasteiger partial charge in [0, 0.05) is 31.9 Å². The zero-order valence-corrected chi connectivity index (χ0v) is 13.9. The first-order valence-electron chi connectivity index (χ1n) is 8.16. The van der Waals surface area contributed by atoms with Crippen LogP contribution >= 0.6 is 0 Å². The van der Waals surface area contributed by atoms with E-state index in [9.17, 15) is 5.11 Å². The van der Waals surface area contributed by atoms with E-state index in [1.54, 1.807) is 18.2 Å². The number of nitrogen functional groups attached to an aromatic ring is 1. The van der Waals surface area contributed by atoms with Gasteiger partial charge in [0.1, 0.15) is 5.75 Å². The van der Waals surface area contributed by atoms with Gasteiger partial charge in [0.2, 0.25) is 0 Å². The Morgan fingerprint density at radius 1 is 1.23 bits per heavy atom. The minimum absolute atomic E-state index is 0.275. The molecule has 0 radical (unpaired) electrons. The van der Waals surface area contributed by atoms with E-state index in [1.807, 2.05) is 0 Å². The molecule has 1 fully saturated rings. The highest BCUT2D eigenvalue weighted by atomic mass is 16.5. The van der Waals surface area contributed by atoms with Gasteiger partial charge in [-0.15, -0.1) is 0 Å². The van der Waals surface area contributed by atoms with Crippen molar-refractivity contribution in [1.29, 1.82) is 0 Å². The van der Waals surface area contributed by atoms with Crippen molar-refractivity contribution in [3.63, 3.8) is 0 Å². The molecule has 1 aliphatic heterocycles. The Bertz CT molecular complexity index is 467. The fraction of sp³-hybridized carbons (Fsp3) is 0.647. The van der Waals surface area contributed by atoms with E-state index in [4.69, 9.17) is 10.5 Å². The van der Waals surface area contributed by atoms with Crippen molar-refractivity contribution in [2.75, 3.05) is 65.8 Å². The number of likely N-dealkylation sites (N-methyl/N-ethyl adjacent to an activating group) is 1. The number of rotatable bonds is 7. The predicted molar refractivity (Wildman–Crippen MR) is 89.9 cm³/mol. The molecule has 5 nitrogen and oxygen atoms in total. The number of ether oxygens (including phenoxy) is 1. The van der Waals surface area contributed by atoms with Crippen molar-refractivity contribution in [1.82, 2.24) is 4.90 Å². The summed E-state index contributed by atoms with van der Waals surface area (Å²) in [5.41, 5.74) is 7.63. The lowest BCUT2D eigenvalue weighted by Gasteiger charge is -2.39. The Balaban J connectivity index is 1.55. The van der Waals surface area contributed by atoms with Crippen LogP contribution in [0.25, 0.3) is 0 Å².